The van der Waals surface area contributed by atoms with Gasteiger partial charge in [-0.1, -0.05) is 57.5 Å². The topological polar surface area (TPSA) is 68.0 Å². The molecule has 0 unspecified atom stereocenters. The molecule has 0 aliphatic carbocycles. The van der Waals surface area contributed by atoms with E-state index < -0.39 is 0 Å². The zero-order chi connectivity index (χ0) is 16.9. The molecule has 0 bridgehead atoms. The summed E-state index contributed by atoms with van der Waals surface area (Å²) in [4.78, 5) is 16.4. The molecule has 3 aromatic rings. The maximum atomic E-state index is 12.0. The van der Waals surface area contributed by atoms with Gasteiger partial charge in [0.15, 0.2) is 0 Å². The Morgan fingerprint density at radius 3 is 2.75 bits per heavy atom. The van der Waals surface area contributed by atoms with E-state index in [9.17, 15) is 4.79 Å². The van der Waals surface area contributed by atoms with Crippen molar-refractivity contribution in [3.05, 3.63) is 64.5 Å². The number of rotatable bonds is 5. The quantitative estimate of drug-likeness (QED) is 0.707. The van der Waals surface area contributed by atoms with E-state index in [0.717, 1.165) is 21.3 Å². The van der Waals surface area contributed by atoms with Crippen LogP contribution in [0.3, 0.4) is 0 Å². The summed E-state index contributed by atoms with van der Waals surface area (Å²) >= 11 is 3.45. The van der Waals surface area contributed by atoms with Gasteiger partial charge >= 0.3 is 0 Å². The molecule has 0 saturated carbocycles. The third-order valence-electron chi connectivity index (χ3n) is 3.52. The number of aromatic nitrogens is 2. The molecule has 0 aliphatic rings. The standard InChI is InChI=1S/C18H16BrN3O2/c1-12-7-8-14(11-15(12)19)20-16(23)9-10-17-21-18(22-24-17)13-5-3-2-4-6-13/h2-8,11H,9-10H2,1H3,(H,20,23). The summed E-state index contributed by atoms with van der Waals surface area (Å²) in [5, 5.41) is 6.81. The number of hydrogen-bond acceptors (Lipinski definition) is 4. The molecule has 0 atom stereocenters. The number of anilines is 1. The number of nitrogens with zero attached hydrogens (tertiary/aromatic N) is 2. The van der Waals surface area contributed by atoms with E-state index in [-0.39, 0.29) is 12.3 Å². The van der Waals surface area contributed by atoms with Crippen LogP contribution in [-0.2, 0) is 11.2 Å². The number of aryl methyl sites for hydroxylation is 2. The van der Waals surface area contributed by atoms with Gasteiger partial charge in [0.25, 0.3) is 0 Å². The summed E-state index contributed by atoms with van der Waals surface area (Å²) < 4.78 is 6.17. The van der Waals surface area contributed by atoms with E-state index >= 15 is 0 Å². The molecule has 122 valence electrons. The average molecular weight is 386 g/mol. The number of hydrogen-bond donors (Lipinski definition) is 1. The zero-order valence-corrected chi connectivity index (χ0v) is 14.7. The Labute approximate surface area is 148 Å². The summed E-state index contributed by atoms with van der Waals surface area (Å²) in [5.41, 5.74) is 2.77. The molecule has 1 aromatic heterocycles. The number of carbonyl (C=O) groups excluding carboxylic acids is 1. The number of carbonyl (C=O) groups is 1. The van der Waals surface area contributed by atoms with Crippen molar-refractivity contribution in [2.24, 2.45) is 0 Å². The first-order valence-corrected chi connectivity index (χ1v) is 8.35. The lowest BCUT2D eigenvalue weighted by Gasteiger charge is -2.06. The minimum atomic E-state index is -0.0924. The van der Waals surface area contributed by atoms with Gasteiger partial charge in [0.2, 0.25) is 17.6 Å². The number of amides is 1. The number of benzene rings is 2. The highest BCUT2D eigenvalue weighted by Crippen LogP contribution is 2.21. The van der Waals surface area contributed by atoms with Gasteiger partial charge < -0.3 is 9.84 Å². The monoisotopic (exact) mass is 385 g/mol. The van der Waals surface area contributed by atoms with E-state index in [1.165, 1.54) is 0 Å². The summed E-state index contributed by atoms with van der Waals surface area (Å²) in [5.74, 6) is 0.896. The van der Waals surface area contributed by atoms with Gasteiger partial charge in [-0.05, 0) is 24.6 Å². The first-order chi connectivity index (χ1) is 11.6. The smallest absolute Gasteiger partial charge is 0.227 e. The predicted molar refractivity (Wildman–Crippen MR) is 95.6 cm³/mol. The highest BCUT2D eigenvalue weighted by molar-refractivity contribution is 9.10. The lowest BCUT2D eigenvalue weighted by Crippen LogP contribution is -2.12. The van der Waals surface area contributed by atoms with Crippen LogP contribution in [0.2, 0.25) is 0 Å². The van der Waals surface area contributed by atoms with E-state index in [0.29, 0.717) is 18.1 Å². The molecule has 6 heteroatoms. The van der Waals surface area contributed by atoms with Crippen LogP contribution in [-0.4, -0.2) is 16.0 Å². The Hall–Kier alpha value is -2.47. The van der Waals surface area contributed by atoms with E-state index in [1.807, 2.05) is 55.5 Å². The first kappa shape index (κ1) is 16.4. The summed E-state index contributed by atoms with van der Waals surface area (Å²) in [6, 6.07) is 15.3. The molecular formula is C18H16BrN3O2. The van der Waals surface area contributed by atoms with Gasteiger partial charge in [-0.25, -0.2) is 0 Å². The van der Waals surface area contributed by atoms with Crippen LogP contribution in [0.15, 0.2) is 57.5 Å². The summed E-state index contributed by atoms with van der Waals surface area (Å²) in [6.07, 6.45) is 0.681. The van der Waals surface area contributed by atoms with Crippen LogP contribution in [0.1, 0.15) is 17.9 Å². The second-order valence-electron chi connectivity index (χ2n) is 5.39. The fraction of sp³-hybridized carbons (Fsp3) is 0.167. The number of nitrogens with one attached hydrogen (secondary N) is 1. The van der Waals surface area contributed by atoms with E-state index in [2.05, 4.69) is 31.4 Å². The second kappa shape index (κ2) is 7.40. The molecule has 1 N–H and O–H groups in total. The highest BCUT2D eigenvalue weighted by Gasteiger charge is 2.11. The van der Waals surface area contributed by atoms with Crippen LogP contribution < -0.4 is 5.32 Å². The third kappa shape index (κ3) is 4.08. The lowest BCUT2D eigenvalue weighted by molar-refractivity contribution is -0.116. The molecule has 5 nitrogen and oxygen atoms in total. The molecular weight excluding hydrogens is 370 g/mol. The molecule has 0 saturated heterocycles. The van der Waals surface area contributed by atoms with Gasteiger partial charge in [-0.15, -0.1) is 0 Å². The normalized spacial score (nSPS) is 10.6. The molecule has 0 fully saturated rings. The van der Waals surface area contributed by atoms with Gasteiger partial charge in [-0.3, -0.25) is 4.79 Å². The molecule has 1 heterocycles. The van der Waals surface area contributed by atoms with Gasteiger partial charge in [-0.2, -0.15) is 4.98 Å². The SMILES string of the molecule is Cc1ccc(NC(=O)CCc2nc(-c3ccccc3)no2)cc1Br. The maximum absolute atomic E-state index is 12.0. The van der Waals surface area contributed by atoms with Crippen molar-refractivity contribution < 1.29 is 9.32 Å². The van der Waals surface area contributed by atoms with E-state index in [1.54, 1.807) is 0 Å². The Balaban J connectivity index is 1.56. The van der Waals surface area contributed by atoms with Crippen molar-refractivity contribution in [3.63, 3.8) is 0 Å². The Kier molecular flexibility index (Phi) is 5.05. The first-order valence-electron chi connectivity index (χ1n) is 7.56. The van der Waals surface area contributed by atoms with Crippen molar-refractivity contribution >= 4 is 27.5 Å². The van der Waals surface area contributed by atoms with E-state index in [4.69, 9.17) is 4.52 Å². The van der Waals surface area contributed by atoms with Crippen LogP contribution in [0.25, 0.3) is 11.4 Å². The largest absolute Gasteiger partial charge is 0.339 e. The zero-order valence-electron chi connectivity index (χ0n) is 13.1. The average Bonchev–Trinajstić information content (AvgIpc) is 3.06. The minimum Gasteiger partial charge on any atom is -0.339 e. The van der Waals surface area contributed by atoms with Crippen molar-refractivity contribution in [1.82, 2.24) is 10.1 Å². The Morgan fingerprint density at radius 2 is 2.00 bits per heavy atom. The molecule has 24 heavy (non-hydrogen) atoms. The number of halogens is 1. The fourth-order valence-electron chi connectivity index (χ4n) is 2.18. The maximum Gasteiger partial charge on any atom is 0.227 e. The van der Waals surface area contributed by atoms with Crippen molar-refractivity contribution in [2.75, 3.05) is 5.32 Å². The fourth-order valence-corrected chi connectivity index (χ4v) is 2.55. The van der Waals surface area contributed by atoms with Crippen LogP contribution in [0, 0.1) is 6.92 Å². The molecule has 1 amide bonds. The van der Waals surface area contributed by atoms with Crippen LogP contribution in [0.4, 0.5) is 5.69 Å². The summed E-state index contributed by atoms with van der Waals surface area (Å²) in [6.45, 7) is 2.00. The molecule has 0 aliphatic heterocycles. The van der Waals surface area contributed by atoms with Crippen molar-refractivity contribution in [3.8, 4) is 11.4 Å². The Morgan fingerprint density at radius 1 is 1.21 bits per heavy atom. The van der Waals surface area contributed by atoms with Crippen LogP contribution in [0.5, 0.6) is 0 Å². The molecule has 2 aromatic carbocycles. The Bertz CT molecular complexity index is 846. The minimum absolute atomic E-state index is 0.0924. The van der Waals surface area contributed by atoms with Crippen LogP contribution >= 0.6 is 15.9 Å². The lowest BCUT2D eigenvalue weighted by atomic mass is 10.2. The third-order valence-corrected chi connectivity index (χ3v) is 4.38. The molecule has 0 spiro atoms. The van der Waals surface area contributed by atoms with Gasteiger partial charge in [0.1, 0.15) is 0 Å². The van der Waals surface area contributed by atoms with Gasteiger partial charge in [0, 0.05) is 28.6 Å². The molecule has 0 radical (unpaired) electrons. The predicted octanol–water partition coefficient (Wildman–Crippen LogP) is 4.38. The van der Waals surface area contributed by atoms with Crippen molar-refractivity contribution in [2.45, 2.75) is 19.8 Å². The molecule has 3 rings (SSSR count). The highest BCUT2D eigenvalue weighted by atomic mass is 79.9. The van der Waals surface area contributed by atoms with Crippen molar-refractivity contribution in [1.29, 1.82) is 0 Å². The van der Waals surface area contributed by atoms with Gasteiger partial charge in [0.05, 0.1) is 0 Å². The summed E-state index contributed by atoms with van der Waals surface area (Å²) in [7, 11) is 0. The second-order valence-corrected chi connectivity index (χ2v) is 6.24.